The molecule has 10 nitrogen and oxygen atoms in total. The quantitative estimate of drug-likeness (QED) is 0.406. The van der Waals surface area contributed by atoms with E-state index in [9.17, 15) is 26.4 Å². The molecule has 4 rings (SSSR count). The first-order valence-electron chi connectivity index (χ1n) is 11.8. The van der Waals surface area contributed by atoms with Gasteiger partial charge in [0.2, 0.25) is 0 Å². The number of benzene rings is 2. The van der Waals surface area contributed by atoms with Crippen LogP contribution < -0.4 is 0 Å². The van der Waals surface area contributed by atoms with Crippen LogP contribution in [-0.4, -0.2) is 73.7 Å². The van der Waals surface area contributed by atoms with Gasteiger partial charge in [-0.15, -0.1) is 0 Å². The molecule has 1 aromatic heterocycles. The van der Waals surface area contributed by atoms with Crippen LogP contribution in [-0.2, 0) is 29.6 Å². The number of hydrogen-bond acceptors (Lipinski definition) is 7. The first kappa shape index (κ1) is 28.1. The summed E-state index contributed by atoms with van der Waals surface area (Å²) >= 11 is 6.12. The van der Waals surface area contributed by atoms with Crippen LogP contribution in [0.15, 0.2) is 64.5 Å². The molecule has 0 bridgehead atoms. The summed E-state index contributed by atoms with van der Waals surface area (Å²) in [6.07, 6.45) is -0.166. The van der Waals surface area contributed by atoms with Gasteiger partial charge in [-0.05, 0) is 57.2 Å². The average molecular weight is 582 g/mol. The molecule has 1 aliphatic heterocycles. The zero-order chi connectivity index (χ0) is 27.9. The van der Waals surface area contributed by atoms with E-state index in [2.05, 4.69) is 0 Å². The first-order valence-corrected chi connectivity index (χ1v) is 15.1. The van der Waals surface area contributed by atoms with Gasteiger partial charge in [-0.3, -0.25) is 0 Å². The highest BCUT2D eigenvalue weighted by atomic mass is 35.5. The molecule has 0 radical (unpaired) electrons. The lowest BCUT2D eigenvalue weighted by atomic mass is 10.1. The lowest BCUT2D eigenvalue weighted by Gasteiger charge is -2.40. The third-order valence-electron chi connectivity index (χ3n) is 6.01. The van der Waals surface area contributed by atoms with Crippen molar-refractivity contribution >= 4 is 54.9 Å². The zero-order valence-corrected chi connectivity index (χ0v) is 23.5. The molecule has 204 valence electrons. The smallest absolute Gasteiger partial charge is 0.410 e. The predicted octanol–water partition coefficient (Wildman–Crippen LogP) is 3.73. The van der Waals surface area contributed by atoms with Gasteiger partial charge in [0.05, 0.1) is 16.5 Å². The van der Waals surface area contributed by atoms with E-state index >= 15 is 0 Å². The molecule has 0 N–H and O–H groups in total. The van der Waals surface area contributed by atoms with Crippen molar-refractivity contribution < 1.29 is 31.2 Å². The maximum Gasteiger partial charge on any atom is 0.410 e. The number of rotatable bonds is 6. The summed E-state index contributed by atoms with van der Waals surface area (Å²) in [4.78, 5) is 25.4. The molecule has 1 saturated heterocycles. The van der Waals surface area contributed by atoms with Crippen LogP contribution in [0.3, 0.4) is 0 Å². The SMILES string of the molecule is CC(C)(C)OC(=O)N1CCN(S(=O)(=O)c2cc3cc(Cl)ccc3n2S(=O)(=O)c2ccccc2)CC1CC=O. The highest BCUT2D eigenvalue weighted by molar-refractivity contribution is 7.92. The third-order valence-corrected chi connectivity index (χ3v) is 9.95. The number of fused-ring (bicyclic) bond motifs is 1. The number of aldehydes is 1. The Morgan fingerprint density at radius 1 is 1.03 bits per heavy atom. The highest BCUT2D eigenvalue weighted by Crippen LogP contribution is 2.33. The summed E-state index contributed by atoms with van der Waals surface area (Å²) in [5.74, 6) is 0. The molecule has 1 unspecified atom stereocenters. The molecule has 1 amide bonds. The van der Waals surface area contributed by atoms with E-state index in [0.29, 0.717) is 16.7 Å². The minimum absolute atomic E-state index is 0.0376. The molecule has 3 aromatic rings. The predicted molar refractivity (Wildman–Crippen MR) is 142 cm³/mol. The second-order valence-electron chi connectivity index (χ2n) is 9.86. The van der Waals surface area contributed by atoms with Gasteiger partial charge in [-0.25, -0.2) is 25.6 Å². The maximum atomic E-state index is 14.0. The van der Waals surface area contributed by atoms with Gasteiger partial charge in [-0.2, -0.15) is 4.31 Å². The van der Waals surface area contributed by atoms with E-state index in [1.807, 2.05) is 0 Å². The van der Waals surface area contributed by atoms with E-state index < -0.39 is 42.8 Å². The lowest BCUT2D eigenvalue weighted by Crippen LogP contribution is -2.57. The summed E-state index contributed by atoms with van der Waals surface area (Å²) in [5, 5.41) is 0.175. The Bertz CT molecular complexity index is 1580. The van der Waals surface area contributed by atoms with Crippen molar-refractivity contribution in [2.45, 2.75) is 48.8 Å². The first-order chi connectivity index (χ1) is 17.8. The van der Waals surface area contributed by atoms with Gasteiger partial charge >= 0.3 is 6.09 Å². The fraction of sp³-hybridized carbons (Fsp3) is 0.360. The van der Waals surface area contributed by atoms with Gasteiger partial charge in [0.15, 0.2) is 5.03 Å². The second kappa shape index (κ2) is 10.3. The van der Waals surface area contributed by atoms with Gasteiger partial charge in [0, 0.05) is 36.5 Å². The summed E-state index contributed by atoms with van der Waals surface area (Å²) < 4.78 is 62.7. The number of halogens is 1. The Hall–Kier alpha value is -2.93. The Morgan fingerprint density at radius 3 is 2.34 bits per heavy atom. The van der Waals surface area contributed by atoms with E-state index in [4.69, 9.17) is 16.3 Å². The van der Waals surface area contributed by atoms with Crippen molar-refractivity contribution in [3.05, 3.63) is 59.6 Å². The van der Waals surface area contributed by atoms with Gasteiger partial charge < -0.3 is 14.4 Å². The van der Waals surface area contributed by atoms with Crippen molar-refractivity contribution in [3.8, 4) is 0 Å². The summed E-state index contributed by atoms with van der Waals surface area (Å²) in [6, 6.07) is 12.4. The highest BCUT2D eigenvalue weighted by Gasteiger charge is 2.40. The molecule has 1 aliphatic rings. The number of ether oxygens (including phenoxy) is 1. The van der Waals surface area contributed by atoms with E-state index in [1.165, 1.54) is 41.3 Å². The average Bonchev–Trinajstić information content (AvgIpc) is 3.24. The Balaban J connectivity index is 1.79. The summed E-state index contributed by atoms with van der Waals surface area (Å²) in [6.45, 7) is 4.75. The van der Waals surface area contributed by atoms with Gasteiger partial charge in [-0.1, -0.05) is 29.8 Å². The van der Waals surface area contributed by atoms with Crippen LogP contribution in [0.5, 0.6) is 0 Å². The Labute approximate surface area is 226 Å². The van der Waals surface area contributed by atoms with Crippen LogP contribution in [0.25, 0.3) is 10.9 Å². The second-order valence-corrected chi connectivity index (χ2v) is 14.0. The lowest BCUT2D eigenvalue weighted by molar-refractivity contribution is -0.109. The molecule has 2 aromatic carbocycles. The molecule has 0 aliphatic carbocycles. The summed E-state index contributed by atoms with van der Waals surface area (Å²) in [5.41, 5.74) is -0.631. The van der Waals surface area contributed by atoms with Crippen LogP contribution in [0, 0.1) is 0 Å². The number of amides is 1. The van der Waals surface area contributed by atoms with Crippen molar-refractivity contribution in [1.82, 2.24) is 13.2 Å². The number of carbonyl (C=O) groups is 2. The Kier molecular flexibility index (Phi) is 7.63. The molecule has 13 heteroatoms. The molecule has 1 fully saturated rings. The standard InChI is InChI=1S/C25H28ClN3O7S2/c1-25(2,3)36-24(31)28-13-12-27(17-20(28)11-14-30)38(34,35)23-16-18-15-19(26)9-10-22(18)29(23)37(32,33)21-7-5-4-6-8-21/h4-10,14-16,20H,11-13,17H2,1-3H3. The van der Waals surface area contributed by atoms with Crippen LogP contribution in [0.1, 0.15) is 27.2 Å². The normalized spacial score (nSPS) is 17.5. The summed E-state index contributed by atoms with van der Waals surface area (Å²) in [7, 11) is -8.74. The maximum absolute atomic E-state index is 14.0. The van der Waals surface area contributed by atoms with E-state index in [-0.39, 0.29) is 36.5 Å². The largest absolute Gasteiger partial charge is 0.444 e. The van der Waals surface area contributed by atoms with Crippen LogP contribution in [0.4, 0.5) is 4.79 Å². The fourth-order valence-corrected chi connectivity index (χ4v) is 8.04. The van der Waals surface area contributed by atoms with Crippen molar-refractivity contribution in [1.29, 1.82) is 0 Å². The van der Waals surface area contributed by atoms with Crippen LogP contribution in [0.2, 0.25) is 5.02 Å². The van der Waals surface area contributed by atoms with Gasteiger partial charge in [0.1, 0.15) is 11.9 Å². The molecule has 38 heavy (non-hydrogen) atoms. The molecular formula is C25H28ClN3O7S2. The molecule has 2 heterocycles. The number of aromatic nitrogens is 1. The molecule has 0 saturated carbocycles. The van der Waals surface area contributed by atoms with E-state index in [1.54, 1.807) is 39.0 Å². The number of piperazine rings is 1. The molecule has 1 atom stereocenters. The molecular weight excluding hydrogens is 554 g/mol. The Morgan fingerprint density at radius 2 is 1.71 bits per heavy atom. The van der Waals surface area contributed by atoms with Crippen molar-refractivity contribution in [3.63, 3.8) is 0 Å². The number of sulfonamides is 1. The monoisotopic (exact) mass is 581 g/mol. The van der Waals surface area contributed by atoms with Gasteiger partial charge in [0.25, 0.3) is 20.0 Å². The zero-order valence-electron chi connectivity index (χ0n) is 21.1. The fourth-order valence-electron chi connectivity index (χ4n) is 4.31. The number of nitrogens with zero attached hydrogens (tertiary/aromatic N) is 3. The number of hydrogen-bond donors (Lipinski definition) is 0. The third kappa shape index (κ3) is 5.44. The minimum atomic E-state index is -4.41. The minimum Gasteiger partial charge on any atom is -0.444 e. The number of carbonyl (C=O) groups excluding carboxylic acids is 2. The molecule has 0 spiro atoms. The van der Waals surface area contributed by atoms with Crippen molar-refractivity contribution in [2.75, 3.05) is 19.6 Å². The van der Waals surface area contributed by atoms with E-state index in [0.717, 1.165) is 8.28 Å². The van der Waals surface area contributed by atoms with Crippen molar-refractivity contribution in [2.24, 2.45) is 0 Å². The van der Waals surface area contributed by atoms with Crippen LogP contribution >= 0.6 is 11.6 Å². The topological polar surface area (TPSA) is 123 Å².